The highest BCUT2D eigenvalue weighted by molar-refractivity contribution is 7.86. The lowest BCUT2D eigenvalue weighted by atomic mass is 10.2. The highest BCUT2D eigenvalue weighted by Crippen LogP contribution is 2.43. The van der Waals surface area contributed by atoms with E-state index in [0.717, 1.165) is 5.56 Å². The van der Waals surface area contributed by atoms with E-state index in [9.17, 15) is 17.2 Å². The van der Waals surface area contributed by atoms with Gasteiger partial charge >= 0.3 is 0 Å². The molecule has 0 radical (unpaired) electrons. The van der Waals surface area contributed by atoms with E-state index in [2.05, 4.69) is 4.18 Å². The van der Waals surface area contributed by atoms with Crippen LogP contribution < -0.4 is 0 Å². The van der Waals surface area contributed by atoms with Crippen LogP contribution in [0.5, 0.6) is 0 Å². The summed E-state index contributed by atoms with van der Waals surface area (Å²) in [5, 5.41) is 0. The molecule has 0 saturated heterocycles. The molecule has 0 heterocycles. The molecular weight excluding hydrogens is 262 g/mol. The van der Waals surface area contributed by atoms with Gasteiger partial charge in [-0.15, -0.1) is 0 Å². The minimum Gasteiger partial charge on any atom is -0.260 e. The number of aryl methyl sites for hydroxylation is 1. The fourth-order valence-corrected chi connectivity index (χ4v) is 2.47. The number of hydrogen-bond donors (Lipinski definition) is 0. The van der Waals surface area contributed by atoms with E-state index in [-0.39, 0.29) is 4.90 Å². The van der Waals surface area contributed by atoms with Crippen LogP contribution in [0.4, 0.5) is 8.78 Å². The minimum absolute atomic E-state index is 0.0975. The van der Waals surface area contributed by atoms with E-state index in [0.29, 0.717) is 12.8 Å². The van der Waals surface area contributed by atoms with Crippen molar-refractivity contribution in [2.24, 2.45) is 5.92 Å². The summed E-state index contributed by atoms with van der Waals surface area (Å²) in [4.78, 5) is -0.0975. The molecular formula is C12H14F2O3S. The summed E-state index contributed by atoms with van der Waals surface area (Å²) < 4.78 is 54.5. The summed E-state index contributed by atoms with van der Waals surface area (Å²) >= 11 is 0. The molecule has 100 valence electrons. The normalized spacial score (nSPS) is 16.8. The summed E-state index contributed by atoms with van der Waals surface area (Å²) in [5.41, 5.74) is 0.886. The highest BCUT2D eigenvalue weighted by atomic mass is 32.2. The largest absolute Gasteiger partial charge is 0.297 e. The predicted octanol–water partition coefficient (Wildman–Crippen LogP) is 2.75. The Bertz CT molecular complexity index is 519. The predicted molar refractivity (Wildman–Crippen MR) is 62.0 cm³/mol. The van der Waals surface area contributed by atoms with Crippen LogP contribution in [0.15, 0.2) is 29.2 Å². The zero-order valence-corrected chi connectivity index (χ0v) is 10.7. The maximum Gasteiger partial charge on any atom is 0.297 e. The Morgan fingerprint density at radius 2 is 1.83 bits per heavy atom. The zero-order valence-electron chi connectivity index (χ0n) is 9.90. The molecule has 0 aliphatic heterocycles. The van der Waals surface area contributed by atoms with Gasteiger partial charge in [0.15, 0.2) is 0 Å². The van der Waals surface area contributed by atoms with Crippen molar-refractivity contribution < 1.29 is 21.4 Å². The molecule has 0 bridgehead atoms. The van der Waals surface area contributed by atoms with Crippen LogP contribution >= 0.6 is 0 Å². The summed E-state index contributed by atoms with van der Waals surface area (Å²) in [6, 6.07) is 5.88. The van der Waals surface area contributed by atoms with Crippen molar-refractivity contribution in [3.05, 3.63) is 29.8 Å². The summed E-state index contributed by atoms with van der Waals surface area (Å²) in [6.07, 6.45) is 0.863. The van der Waals surface area contributed by atoms with Crippen molar-refractivity contribution >= 4 is 10.1 Å². The average molecular weight is 276 g/mol. The van der Waals surface area contributed by atoms with Crippen LogP contribution in [0.2, 0.25) is 0 Å². The fourth-order valence-electron chi connectivity index (χ4n) is 1.55. The second-order valence-corrected chi connectivity index (χ2v) is 6.18. The monoisotopic (exact) mass is 276 g/mol. The Morgan fingerprint density at radius 3 is 2.33 bits per heavy atom. The van der Waals surface area contributed by atoms with Crippen molar-refractivity contribution in [3.63, 3.8) is 0 Å². The topological polar surface area (TPSA) is 43.4 Å². The molecule has 0 N–H and O–H groups in total. The quantitative estimate of drug-likeness (QED) is 0.777. The second kappa shape index (κ2) is 4.59. The number of hydrogen-bond acceptors (Lipinski definition) is 3. The van der Waals surface area contributed by atoms with Gasteiger partial charge in [0.05, 0.1) is 4.90 Å². The summed E-state index contributed by atoms with van der Waals surface area (Å²) in [7, 11) is -4.10. The van der Waals surface area contributed by atoms with Crippen LogP contribution in [0.3, 0.4) is 0 Å². The van der Waals surface area contributed by atoms with E-state index in [4.69, 9.17) is 0 Å². The van der Waals surface area contributed by atoms with E-state index < -0.39 is 28.6 Å². The van der Waals surface area contributed by atoms with Gasteiger partial charge in [0, 0.05) is 5.92 Å². The van der Waals surface area contributed by atoms with Gasteiger partial charge in [0.25, 0.3) is 16.0 Å². The van der Waals surface area contributed by atoms with Gasteiger partial charge in [-0.1, -0.05) is 17.7 Å². The Morgan fingerprint density at radius 1 is 1.28 bits per heavy atom. The Kier molecular flexibility index (Phi) is 3.42. The Hall–Kier alpha value is -1.01. The number of benzene rings is 1. The van der Waals surface area contributed by atoms with Crippen LogP contribution in [0.1, 0.15) is 18.4 Å². The van der Waals surface area contributed by atoms with Gasteiger partial charge in [-0.05, 0) is 31.9 Å². The molecule has 6 heteroatoms. The first-order valence-electron chi connectivity index (χ1n) is 5.65. The average Bonchev–Trinajstić information content (AvgIpc) is 3.11. The van der Waals surface area contributed by atoms with E-state index in [1.165, 1.54) is 12.1 Å². The van der Waals surface area contributed by atoms with Gasteiger partial charge in [-0.25, -0.2) is 8.78 Å². The lowest BCUT2D eigenvalue weighted by molar-refractivity contribution is -0.0587. The van der Waals surface area contributed by atoms with Crippen molar-refractivity contribution in [2.75, 3.05) is 6.61 Å². The van der Waals surface area contributed by atoms with Crippen LogP contribution in [0, 0.1) is 12.8 Å². The number of halogens is 2. The molecule has 1 fully saturated rings. The lowest BCUT2D eigenvalue weighted by Gasteiger charge is -2.15. The highest BCUT2D eigenvalue weighted by Gasteiger charge is 2.47. The molecule has 0 unspecified atom stereocenters. The fraction of sp³-hybridized carbons (Fsp3) is 0.500. The molecule has 3 nitrogen and oxygen atoms in total. The molecule has 1 aliphatic carbocycles. The molecule has 1 aromatic carbocycles. The Balaban J connectivity index is 2.05. The lowest BCUT2D eigenvalue weighted by Crippen LogP contribution is -2.28. The standard InChI is InChI=1S/C12H14F2O3S/c1-9-2-6-11(7-3-9)18(15,16)17-8-12(13,14)10-4-5-10/h2-3,6-7,10H,4-5,8H2,1H3. The first-order valence-corrected chi connectivity index (χ1v) is 7.06. The molecule has 0 aromatic heterocycles. The molecule has 18 heavy (non-hydrogen) atoms. The maximum absolute atomic E-state index is 13.3. The van der Waals surface area contributed by atoms with Crippen molar-refractivity contribution in [3.8, 4) is 0 Å². The molecule has 1 saturated carbocycles. The van der Waals surface area contributed by atoms with Crippen molar-refractivity contribution in [1.29, 1.82) is 0 Å². The van der Waals surface area contributed by atoms with Crippen LogP contribution in [-0.4, -0.2) is 20.9 Å². The van der Waals surface area contributed by atoms with Gasteiger partial charge in [-0.2, -0.15) is 8.42 Å². The third-order valence-corrected chi connectivity index (χ3v) is 4.17. The van der Waals surface area contributed by atoms with E-state index in [1.807, 2.05) is 0 Å². The molecule has 0 spiro atoms. The third-order valence-electron chi connectivity index (χ3n) is 2.89. The minimum atomic E-state index is -4.10. The number of rotatable bonds is 5. The smallest absolute Gasteiger partial charge is 0.260 e. The Labute approximate surface area is 105 Å². The number of alkyl halides is 2. The molecule has 0 atom stereocenters. The zero-order chi connectivity index (χ0) is 13.4. The molecule has 0 amide bonds. The van der Waals surface area contributed by atoms with Gasteiger partial charge in [-0.3, -0.25) is 4.18 Å². The van der Waals surface area contributed by atoms with Gasteiger partial charge in [0.2, 0.25) is 0 Å². The maximum atomic E-state index is 13.3. The van der Waals surface area contributed by atoms with Gasteiger partial charge in [0.1, 0.15) is 6.61 Å². The second-order valence-electron chi connectivity index (χ2n) is 4.56. The first kappa shape index (κ1) is 13.4. The molecule has 1 aromatic rings. The molecule has 1 aliphatic rings. The summed E-state index contributed by atoms with van der Waals surface area (Å²) in [6.45, 7) is 0.729. The molecule has 2 rings (SSSR count). The third kappa shape index (κ3) is 3.05. The van der Waals surface area contributed by atoms with E-state index >= 15 is 0 Å². The van der Waals surface area contributed by atoms with E-state index in [1.54, 1.807) is 19.1 Å². The van der Waals surface area contributed by atoms with Crippen LogP contribution in [0.25, 0.3) is 0 Å². The first-order chi connectivity index (χ1) is 8.31. The summed E-state index contributed by atoms with van der Waals surface area (Å²) in [5.74, 6) is -3.79. The van der Waals surface area contributed by atoms with Gasteiger partial charge < -0.3 is 0 Å². The van der Waals surface area contributed by atoms with Crippen LogP contribution in [-0.2, 0) is 14.3 Å². The SMILES string of the molecule is Cc1ccc(S(=O)(=O)OCC(F)(F)C2CC2)cc1. The van der Waals surface area contributed by atoms with Crippen molar-refractivity contribution in [1.82, 2.24) is 0 Å². The van der Waals surface area contributed by atoms with Crippen molar-refractivity contribution in [2.45, 2.75) is 30.6 Å².